The van der Waals surface area contributed by atoms with Gasteiger partial charge >= 0.3 is 0 Å². The number of para-hydroxylation sites is 1. The van der Waals surface area contributed by atoms with Crippen LogP contribution in [0.3, 0.4) is 0 Å². The SMILES string of the molecule is c1cnc2c(c1)-c1c(oc3ccccc13)C2. The molecule has 0 N–H and O–H groups in total. The Morgan fingerprint density at radius 2 is 2.00 bits per heavy atom. The third-order valence-corrected chi connectivity index (χ3v) is 3.16. The molecule has 0 aliphatic heterocycles. The molecule has 2 nitrogen and oxygen atoms in total. The highest BCUT2D eigenvalue weighted by Gasteiger charge is 2.25. The van der Waals surface area contributed by atoms with Crippen molar-refractivity contribution in [3.05, 3.63) is 54.0 Å². The van der Waals surface area contributed by atoms with Gasteiger partial charge in [0, 0.05) is 29.1 Å². The zero-order chi connectivity index (χ0) is 10.5. The number of aromatic nitrogens is 1. The summed E-state index contributed by atoms with van der Waals surface area (Å²) in [6.45, 7) is 0. The number of nitrogens with zero attached hydrogens (tertiary/aromatic N) is 1. The summed E-state index contributed by atoms with van der Waals surface area (Å²) in [6, 6.07) is 12.3. The van der Waals surface area contributed by atoms with Gasteiger partial charge in [0.25, 0.3) is 0 Å². The van der Waals surface area contributed by atoms with Crippen LogP contribution in [0.5, 0.6) is 0 Å². The van der Waals surface area contributed by atoms with Gasteiger partial charge in [-0.1, -0.05) is 24.3 Å². The predicted molar refractivity (Wildman–Crippen MR) is 62.3 cm³/mol. The minimum Gasteiger partial charge on any atom is -0.460 e. The van der Waals surface area contributed by atoms with Crippen molar-refractivity contribution in [2.24, 2.45) is 0 Å². The van der Waals surface area contributed by atoms with Gasteiger partial charge in [-0.25, -0.2) is 0 Å². The second-order valence-electron chi connectivity index (χ2n) is 4.07. The standard InChI is InChI=1S/C14H9NO/c1-2-6-12-10(4-1)14-9-5-3-7-15-11(9)8-13(14)16-12/h1-7H,8H2. The molecule has 2 heteroatoms. The maximum atomic E-state index is 5.85. The van der Waals surface area contributed by atoms with E-state index in [4.69, 9.17) is 4.42 Å². The van der Waals surface area contributed by atoms with Crippen molar-refractivity contribution in [1.82, 2.24) is 4.98 Å². The zero-order valence-corrected chi connectivity index (χ0v) is 8.60. The fraction of sp³-hybridized carbons (Fsp3) is 0.0714. The van der Waals surface area contributed by atoms with Gasteiger partial charge in [-0.2, -0.15) is 0 Å². The van der Waals surface area contributed by atoms with Crippen molar-refractivity contribution in [3.8, 4) is 11.1 Å². The van der Waals surface area contributed by atoms with Crippen molar-refractivity contribution in [3.63, 3.8) is 0 Å². The molecular formula is C14H9NO. The summed E-state index contributed by atoms with van der Waals surface area (Å²) >= 11 is 0. The van der Waals surface area contributed by atoms with Crippen LogP contribution in [0, 0.1) is 0 Å². The van der Waals surface area contributed by atoms with E-state index in [0.717, 1.165) is 23.5 Å². The van der Waals surface area contributed by atoms with Gasteiger partial charge in [-0.3, -0.25) is 4.98 Å². The highest BCUT2D eigenvalue weighted by atomic mass is 16.3. The Balaban J connectivity index is 2.15. The molecule has 76 valence electrons. The lowest BCUT2D eigenvalue weighted by atomic mass is 10.1. The third kappa shape index (κ3) is 0.890. The van der Waals surface area contributed by atoms with Crippen molar-refractivity contribution < 1.29 is 4.42 Å². The number of benzene rings is 1. The zero-order valence-electron chi connectivity index (χ0n) is 8.60. The van der Waals surface area contributed by atoms with Gasteiger partial charge in [-0.05, 0) is 12.1 Å². The Labute approximate surface area is 92.5 Å². The Kier molecular flexibility index (Phi) is 1.38. The van der Waals surface area contributed by atoms with Crippen LogP contribution in [0.25, 0.3) is 22.1 Å². The van der Waals surface area contributed by atoms with E-state index in [-0.39, 0.29) is 0 Å². The second-order valence-corrected chi connectivity index (χ2v) is 4.07. The first-order chi connectivity index (χ1) is 7.93. The minimum atomic E-state index is 0.820. The van der Waals surface area contributed by atoms with E-state index in [2.05, 4.69) is 17.1 Å². The van der Waals surface area contributed by atoms with Crippen LogP contribution in [-0.2, 0) is 6.42 Å². The Hall–Kier alpha value is -2.09. The molecule has 0 saturated carbocycles. The Bertz CT molecular complexity index is 697. The van der Waals surface area contributed by atoms with Crippen molar-refractivity contribution in [2.75, 3.05) is 0 Å². The van der Waals surface area contributed by atoms with Crippen molar-refractivity contribution in [1.29, 1.82) is 0 Å². The smallest absolute Gasteiger partial charge is 0.134 e. The maximum absolute atomic E-state index is 5.85. The molecule has 2 aromatic heterocycles. The topological polar surface area (TPSA) is 26.0 Å². The molecule has 0 saturated heterocycles. The highest BCUT2D eigenvalue weighted by Crippen LogP contribution is 2.42. The summed E-state index contributed by atoms with van der Waals surface area (Å²) in [5, 5.41) is 1.20. The molecule has 0 unspecified atom stereocenters. The summed E-state index contributed by atoms with van der Waals surface area (Å²) < 4.78 is 5.85. The van der Waals surface area contributed by atoms with Crippen molar-refractivity contribution >= 4 is 11.0 Å². The van der Waals surface area contributed by atoms with E-state index in [1.165, 1.54) is 16.5 Å². The summed E-state index contributed by atoms with van der Waals surface area (Å²) in [6.07, 6.45) is 2.66. The number of hydrogen-bond acceptors (Lipinski definition) is 2. The first-order valence-corrected chi connectivity index (χ1v) is 5.38. The van der Waals surface area contributed by atoms with Gasteiger partial charge in [0.2, 0.25) is 0 Å². The lowest BCUT2D eigenvalue weighted by molar-refractivity contribution is 0.567. The van der Waals surface area contributed by atoms with Crippen LogP contribution in [0.15, 0.2) is 47.0 Å². The Morgan fingerprint density at radius 1 is 1.06 bits per heavy atom. The molecule has 1 aliphatic rings. The van der Waals surface area contributed by atoms with E-state index in [1.54, 1.807) is 0 Å². The molecule has 0 bridgehead atoms. The lowest BCUT2D eigenvalue weighted by Crippen LogP contribution is -1.84. The van der Waals surface area contributed by atoms with Crippen LogP contribution in [0.1, 0.15) is 11.5 Å². The molecule has 16 heavy (non-hydrogen) atoms. The number of hydrogen-bond donors (Lipinski definition) is 0. The van der Waals surface area contributed by atoms with E-state index in [0.29, 0.717) is 0 Å². The third-order valence-electron chi connectivity index (χ3n) is 3.16. The van der Waals surface area contributed by atoms with Crippen LogP contribution in [0.4, 0.5) is 0 Å². The van der Waals surface area contributed by atoms with Crippen LogP contribution >= 0.6 is 0 Å². The van der Waals surface area contributed by atoms with E-state index in [9.17, 15) is 0 Å². The van der Waals surface area contributed by atoms with E-state index >= 15 is 0 Å². The monoisotopic (exact) mass is 207 g/mol. The fourth-order valence-electron chi connectivity index (χ4n) is 2.47. The molecule has 1 aliphatic carbocycles. The molecule has 3 aromatic rings. The number of rotatable bonds is 0. The van der Waals surface area contributed by atoms with Gasteiger partial charge in [0.1, 0.15) is 11.3 Å². The Morgan fingerprint density at radius 3 is 3.00 bits per heavy atom. The van der Waals surface area contributed by atoms with Crippen LogP contribution in [-0.4, -0.2) is 4.98 Å². The summed E-state index contributed by atoms with van der Waals surface area (Å²) in [7, 11) is 0. The molecule has 0 amide bonds. The van der Waals surface area contributed by atoms with E-state index in [1.807, 2.05) is 30.5 Å². The van der Waals surface area contributed by atoms with Gasteiger partial charge in [0.15, 0.2) is 0 Å². The lowest BCUT2D eigenvalue weighted by Gasteiger charge is -1.97. The van der Waals surface area contributed by atoms with Gasteiger partial charge in [-0.15, -0.1) is 0 Å². The first-order valence-electron chi connectivity index (χ1n) is 5.38. The van der Waals surface area contributed by atoms with Gasteiger partial charge in [0.05, 0.1) is 5.69 Å². The average molecular weight is 207 g/mol. The number of pyridine rings is 1. The van der Waals surface area contributed by atoms with E-state index < -0.39 is 0 Å². The fourth-order valence-corrected chi connectivity index (χ4v) is 2.47. The van der Waals surface area contributed by atoms with Crippen molar-refractivity contribution in [2.45, 2.75) is 6.42 Å². The molecule has 1 aromatic carbocycles. The summed E-state index contributed by atoms with van der Waals surface area (Å²) in [5.74, 6) is 1.05. The summed E-state index contributed by atoms with van der Waals surface area (Å²) in [4.78, 5) is 4.39. The molecule has 2 heterocycles. The molecule has 0 radical (unpaired) electrons. The highest BCUT2D eigenvalue weighted by molar-refractivity contribution is 5.98. The maximum Gasteiger partial charge on any atom is 0.134 e. The second kappa shape index (κ2) is 2.73. The van der Waals surface area contributed by atoms with Crippen LogP contribution in [0.2, 0.25) is 0 Å². The normalized spacial score (nSPS) is 12.8. The van der Waals surface area contributed by atoms with Gasteiger partial charge < -0.3 is 4.42 Å². The predicted octanol–water partition coefficient (Wildman–Crippen LogP) is 3.40. The minimum absolute atomic E-state index is 0.820. The quantitative estimate of drug-likeness (QED) is 0.441. The first kappa shape index (κ1) is 8.11. The molecule has 0 atom stereocenters. The summed E-state index contributed by atoms with van der Waals surface area (Å²) in [5.41, 5.74) is 4.56. The van der Waals surface area contributed by atoms with Crippen LogP contribution < -0.4 is 0 Å². The number of fused-ring (bicyclic) bond motifs is 5. The number of furan rings is 1. The largest absolute Gasteiger partial charge is 0.460 e. The molecule has 4 rings (SSSR count). The molecular weight excluding hydrogens is 198 g/mol. The molecule has 0 spiro atoms. The molecule has 0 fully saturated rings. The average Bonchev–Trinajstić information content (AvgIpc) is 2.83.